The van der Waals surface area contributed by atoms with Crippen LogP contribution >= 0.6 is 23.2 Å². The quantitative estimate of drug-likeness (QED) is 0.0492. The van der Waals surface area contributed by atoms with Crippen molar-refractivity contribution in [3.8, 4) is 23.0 Å². The molecule has 3 aliphatic heterocycles. The molecule has 59 heavy (non-hydrogen) atoms. The number of rotatable bonds is 14. The lowest BCUT2D eigenvalue weighted by Gasteiger charge is -2.44. The number of phenolic OH excluding ortho intramolecular Hbond substituents is 2. The average molecular weight is 861 g/mol. The van der Waals surface area contributed by atoms with Gasteiger partial charge in [0.25, 0.3) is 6.47 Å². The highest BCUT2D eigenvalue weighted by molar-refractivity contribution is 6.35. The second-order valence-electron chi connectivity index (χ2n) is 14.3. The molecule has 1 aromatic heterocycles. The van der Waals surface area contributed by atoms with Gasteiger partial charge in [-0.1, -0.05) is 53.5 Å². The Kier molecular flexibility index (Phi) is 14.2. The fourth-order valence-electron chi connectivity index (χ4n) is 7.09. The van der Waals surface area contributed by atoms with Crippen LogP contribution in [-0.4, -0.2) is 77.7 Å². The molecule has 0 radical (unpaired) electrons. The molecule has 3 aromatic carbocycles. The van der Waals surface area contributed by atoms with E-state index in [4.69, 9.17) is 52.1 Å². The van der Waals surface area contributed by atoms with Crippen LogP contribution in [0.1, 0.15) is 58.8 Å². The smallest absolute Gasteiger partial charge is 0.415 e. The molecule has 14 nitrogen and oxygen atoms in total. The van der Waals surface area contributed by atoms with Gasteiger partial charge >= 0.3 is 18.7 Å². The lowest BCUT2D eigenvalue weighted by molar-refractivity contribution is -0.605. The van der Waals surface area contributed by atoms with Crippen molar-refractivity contribution >= 4 is 47.4 Å². The van der Waals surface area contributed by atoms with Crippen LogP contribution in [-0.2, 0) is 27.2 Å². The maximum absolute atomic E-state index is 14.0. The van der Waals surface area contributed by atoms with Gasteiger partial charge in [-0.2, -0.15) is 13.5 Å². The number of carbonyl (C=O) groups is 3. The number of halogens is 4. The molecule has 2 atom stereocenters. The second kappa shape index (κ2) is 19.4. The van der Waals surface area contributed by atoms with Crippen LogP contribution < -0.4 is 19.1 Å². The van der Waals surface area contributed by atoms with Crippen LogP contribution in [0.4, 0.5) is 19.3 Å². The van der Waals surface area contributed by atoms with Crippen LogP contribution in [0.5, 0.6) is 23.0 Å². The highest BCUT2D eigenvalue weighted by Gasteiger charge is 2.38. The SMILES string of the molecule is O=C(OC(Cc1c(Cl)c[n+]([O-])cc1Cl)c1ccc(OC(F)F)c(OCC2CC2)c1)c1cccc(CN(C(=O)O[C@H]2CN3CCC2CC3)c2ccccc2O)c1O.O=CO. The zero-order valence-corrected chi connectivity index (χ0v) is 32.9. The molecule has 3 N–H and O–H groups in total. The monoisotopic (exact) mass is 859 g/mol. The topological polar surface area (TPSA) is 182 Å². The molecule has 1 aliphatic carbocycles. The summed E-state index contributed by atoms with van der Waals surface area (Å²) >= 11 is 12.8. The minimum Gasteiger partial charge on any atom is -0.619 e. The number of hydrogen-bond donors (Lipinski definition) is 3. The number of nitrogens with zero attached hydrogens (tertiary/aromatic N) is 3. The van der Waals surface area contributed by atoms with Crippen LogP contribution in [0.2, 0.25) is 10.0 Å². The third kappa shape index (κ3) is 10.9. The molecule has 4 aliphatic rings. The van der Waals surface area contributed by atoms with Gasteiger partial charge in [-0.05, 0) is 86.5 Å². The number of phenols is 2. The van der Waals surface area contributed by atoms with Crippen molar-refractivity contribution in [1.82, 2.24) is 4.90 Å². The fraction of sp³-hybridized carbons (Fsp3) is 0.366. The van der Waals surface area contributed by atoms with Crippen molar-refractivity contribution < 1.29 is 62.2 Å². The first-order valence-corrected chi connectivity index (χ1v) is 19.5. The van der Waals surface area contributed by atoms with E-state index in [-0.39, 0.29) is 99.2 Å². The van der Waals surface area contributed by atoms with Crippen molar-refractivity contribution in [2.45, 2.75) is 57.5 Å². The minimum atomic E-state index is -3.13. The normalized spacial score (nSPS) is 18.6. The number of alkyl halides is 2. The van der Waals surface area contributed by atoms with E-state index in [2.05, 4.69) is 4.90 Å². The number of aromatic nitrogens is 1. The van der Waals surface area contributed by atoms with E-state index < -0.39 is 30.5 Å². The first kappa shape index (κ1) is 43.0. The molecule has 2 bridgehead atoms. The summed E-state index contributed by atoms with van der Waals surface area (Å²) in [4.78, 5) is 39.6. The molecular formula is C41H41Cl2F2N3O11. The molecule has 4 heterocycles. The van der Waals surface area contributed by atoms with E-state index in [0.29, 0.717) is 11.3 Å². The molecule has 4 fully saturated rings. The average Bonchev–Trinajstić information content (AvgIpc) is 4.04. The molecule has 1 unspecified atom stereocenters. The number of ether oxygens (including phenoxy) is 4. The number of para-hydroxylation sites is 3. The Balaban J connectivity index is 0.00000189. The van der Waals surface area contributed by atoms with Crippen molar-refractivity contribution in [1.29, 1.82) is 0 Å². The summed E-state index contributed by atoms with van der Waals surface area (Å²) in [6.45, 7) is -0.911. The Morgan fingerprint density at radius 2 is 1.68 bits per heavy atom. The summed E-state index contributed by atoms with van der Waals surface area (Å²) in [6, 6.07) is 14.7. The number of benzene rings is 3. The number of carboxylic acid groups (broad SMARTS) is 1. The number of anilines is 1. The maximum atomic E-state index is 14.0. The minimum absolute atomic E-state index is 0.00219. The second-order valence-corrected chi connectivity index (χ2v) is 15.1. The highest BCUT2D eigenvalue weighted by atomic mass is 35.5. The highest BCUT2D eigenvalue weighted by Crippen LogP contribution is 2.39. The summed E-state index contributed by atoms with van der Waals surface area (Å²) in [5.74, 6) is -1.42. The van der Waals surface area contributed by atoms with Gasteiger partial charge in [-0.25, -0.2) is 9.59 Å². The Bertz CT molecular complexity index is 2110. The van der Waals surface area contributed by atoms with Gasteiger partial charge in [0.05, 0.1) is 18.8 Å². The van der Waals surface area contributed by atoms with Gasteiger partial charge in [0, 0.05) is 24.1 Å². The van der Waals surface area contributed by atoms with Gasteiger partial charge in [0.1, 0.15) is 39.3 Å². The summed E-state index contributed by atoms with van der Waals surface area (Å²) < 4.78 is 49.6. The van der Waals surface area contributed by atoms with Gasteiger partial charge < -0.3 is 39.5 Å². The third-order valence-electron chi connectivity index (χ3n) is 10.3. The number of carbonyl (C=O) groups excluding carboxylic acids is 2. The number of amides is 1. The first-order chi connectivity index (χ1) is 28.3. The summed E-state index contributed by atoms with van der Waals surface area (Å²) in [5.41, 5.74) is 0.559. The molecule has 1 saturated carbocycles. The van der Waals surface area contributed by atoms with Crippen LogP contribution in [0, 0.1) is 17.0 Å². The predicted octanol–water partition coefficient (Wildman–Crippen LogP) is 7.51. The van der Waals surface area contributed by atoms with Gasteiger partial charge in [0.15, 0.2) is 23.9 Å². The molecule has 314 valence electrons. The van der Waals surface area contributed by atoms with Crippen molar-refractivity contribution in [2.24, 2.45) is 11.8 Å². The van der Waals surface area contributed by atoms with E-state index >= 15 is 0 Å². The van der Waals surface area contributed by atoms with Gasteiger partial charge in [0.2, 0.25) is 0 Å². The van der Waals surface area contributed by atoms with E-state index in [1.54, 1.807) is 18.2 Å². The summed E-state index contributed by atoms with van der Waals surface area (Å²) in [5, 5.41) is 41.2. The standard InChI is InChI=1S/C40H39Cl2F2N3O9.CH2O2/c41-29-19-46(52)20-30(42)28(29)17-34(25-10-11-33(55-39(43)44)35(16-25)53-22-23-8-9-23)54-38(50)27-5-3-4-26(37(27)49)18-47(31-6-1-2-7-32(31)48)40(51)56-36-21-45-14-12-24(36)13-15-45;2-1-3/h1-7,10-11,16,19-20,23-24,34,36,39,48-49H,8-9,12-15,17-18,21-22H2;1H,(H,2,3)/t34?,36-;/m0./s1. The lowest BCUT2D eigenvalue weighted by Crippen LogP contribution is -2.53. The molecule has 18 heteroatoms. The van der Waals surface area contributed by atoms with E-state index in [1.807, 2.05) is 0 Å². The number of hydrogen-bond acceptors (Lipinski definition) is 11. The molecule has 8 rings (SSSR count). The predicted molar refractivity (Wildman–Crippen MR) is 209 cm³/mol. The maximum Gasteiger partial charge on any atom is 0.415 e. The van der Waals surface area contributed by atoms with Crippen molar-refractivity contribution in [3.05, 3.63) is 111 Å². The number of fused-ring (bicyclic) bond motifs is 3. The number of pyridine rings is 1. The zero-order valence-electron chi connectivity index (χ0n) is 31.4. The number of aromatic hydroxyl groups is 2. The zero-order chi connectivity index (χ0) is 42.2. The molecular weight excluding hydrogens is 819 g/mol. The van der Waals surface area contributed by atoms with Crippen molar-refractivity contribution in [3.63, 3.8) is 0 Å². The van der Waals surface area contributed by atoms with Crippen LogP contribution in [0.25, 0.3) is 0 Å². The lowest BCUT2D eigenvalue weighted by atomic mass is 9.86. The first-order valence-electron chi connectivity index (χ1n) is 18.7. The molecule has 0 spiro atoms. The molecule has 4 aromatic rings. The Labute approximate surface area is 347 Å². The number of esters is 1. The van der Waals surface area contributed by atoms with Gasteiger partial charge in [-0.3, -0.25) is 14.6 Å². The third-order valence-corrected chi connectivity index (χ3v) is 11.0. The van der Waals surface area contributed by atoms with E-state index in [9.17, 15) is 33.8 Å². The molecule has 3 saturated heterocycles. The summed E-state index contributed by atoms with van der Waals surface area (Å²) in [6.07, 6.45) is 3.40. The van der Waals surface area contributed by atoms with E-state index in [1.165, 1.54) is 47.4 Å². The Morgan fingerprint density at radius 3 is 2.31 bits per heavy atom. The Morgan fingerprint density at radius 1 is 0.983 bits per heavy atom. The molecule has 1 amide bonds. The van der Waals surface area contributed by atoms with Crippen LogP contribution in [0.15, 0.2) is 73.1 Å². The summed E-state index contributed by atoms with van der Waals surface area (Å²) in [7, 11) is 0. The van der Waals surface area contributed by atoms with E-state index in [0.717, 1.165) is 51.2 Å². The largest absolute Gasteiger partial charge is 0.619 e. The fourth-order valence-corrected chi connectivity index (χ4v) is 7.69. The number of piperidine rings is 3. The van der Waals surface area contributed by atoms with Crippen LogP contribution in [0.3, 0.4) is 0 Å². The van der Waals surface area contributed by atoms with Crippen molar-refractivity contribution in [2.75, 3.05) is 31.1 Å². The van der Waals surface area contributed by atoms with Gasteiger partial charge in [-0.15, -0.1) is 0 Å². The Hall–Kier alpha value is -5.58.